The predicted molar refractivity (Wildman–Crippen MR) is 229 cm³/mol. The fourth-order valence-electron chi connectivity index (χ4n) is 6.58. The number of hydrogen-bond donors (Lipinski definition) is 1. The van der Waals surface area contributed by atoms with E-state index in [0.29, 0.717) is 19.3 Å². The summed E-state index contributed by atoms with van der Waals surface area (Å²) in [4.78, 5) is 37.0. The van der Waals surface area contributed by atoms with Crippen molar-refractivity contribution in [1.29, 1.82) is 0 Å². The van der Waals surface area contributed by atoms with Crippen LogP contribution in [0.1, 0.15) is 194 Å². The smallest absolute Gasteiger partial charge is 0.362 e. The van der Waals surface area contributed by atoms with Crippen LogP contribution in [0.25, 0.3) is 0 Å². The summed E-state index contributed by atoms with van der Waals surface area (Å²) in [7, 11) is 5.52. The molecule has 8 heteroatoms. The van der Waals surface area contributed by atoms with E-state index >= 15 is 0 Å². The van der Waals surface area contributed by atoms with Gasteiger partial charge in [0.05, 0.1) is 34.4 Å². The van der Waals surface area contributed by atoms with Gasteiger partial charge in [-0.1, -0.05) is 166 Å². The summed E-state index contributed by atoms with van der Waals surface area (Å²) < 4.78 is 17.3. The zero-order chi connectivity index (χ0) is 40.7. The number of rotatable bonds is 40. The molecule has 0 fully saturated rings. The highest BCUT2D eigenvalue weighted by Crippen LogP contribution is 2.15. The molecule has 0 aliphatic rings. The topological polar surface area (TPSA) is 99.1 Å². The minimum absolute atomic E-state index is 0.0514. The van der Waals surface area contributed by atoms with Gasteiger partial charge in [0.1, 0.15) is 6.61 Å². The lowest BCUT2D eigenvalue weighted by Crippen LogP contribution is -2.50. The van der Waals surface area contributed by atoms with Gasteiger partial charge in [-0.05, 0) is 44.9 Å². The highest BCUT2D eigenvalue weighted by molar-refractivity contribution is 5.72. The zero-order valence-corrected chi connectivity index (χ0v) is 36.4. The number of unbranched alkanes of at least 4 members (excludes halogenated alkanes) is 20. The van der Waals surface area contributed by atoms with Gasteiger partial charge in [-0.3, -0.25) is 9.59 Å². The third kappa shape index (κ3) is 36.9. The van der Waals surface area contributed by atoms with E-state index in [1.165, 1.54) is 96.3 Å². The monoisotopic (exact) mass is 777 g/mol. The van der Waals surface area contributed by atoms with Crippen LogP contribution < -0.4 is 0 Å². The van der Waals surface area contributed by atoms with Gasteiger partial charge in [-0.2, -0.15) is 0 Å². The number of carboxylic acids is 1. The van der Waals surface area contributed by atoms with Crippen molar-refractivity contribution in [3.63, 3.8) is 0 Å². The Labute approximate surface area is 338 Å². The van der Waals surface area contributed by atoms with Gasteiger partial charge in [0.2, 0.25) is 0 Å². The van der Waals surface area contributed by atoms with Gasteiger partial charge in [0, 0.05) is 19.3 Å². The Bertz CT molecular complexity index is 1000. The van der Waals surface area contributed by atoms with Gasteiger partial charge in [-0.15, -0.1) is 0 Å². The average Bonchev–Trinajstić information content (AvgIpc) is 3.14. The maximum Gasteiger partial charge on any atom is 0.362 e. The molecule has 0 aromatic rings. The Morgan fingerprint density at radius 1 is 0.564 bits per heavy atom. The van der Waals surface area contributed by atoms with E-state index in [9.17, 15) is 19.5 Å². The third-order valence-corrected chi connectivity index (χ3v) is 10.1. The molecule has 0 amide bonds. The molecule has 0 heterocycles. The molecule has 1 N–H and O–H groups in total. The summed E-state index contributed by atoms with van der Waals surface area (Å²) in [5, 5.41) is 9.61. The number of hydrogen-bond acceptors (Lipinski definition) is 6. The number of quaternary nitrogens is 1. The van der Waals surface area contributed by atoms with Crippen LogP contribution in [0.4, 0.5) is 0 Å². The standard InChI is InChI=1S/C47H85NO7/c1-6-8-10-12-14-16-18-20-21-22-23-24-26-27-29-31-33-35-37-45(49)54-42-43(41-53-40-39-44(47(51)52)48(3,4)5)55-46(50)38-36-34-32-30-28-25-19-17-15-13-11-9-7-2/h9,11,15,17,25,28,43-44H,6-8,10,12-14,16,18-24,26-27,29-42H2,1-5H3/p+1/b11-9-,17-15-,28-25-. The molecule has 320 valence electrons. The molecule has 0 radical (unpaired) electrons. The van der Waals surface area contributed by atoms with E-state index in [4.69, 9.17) is 14.2 Å². The van der Waals surface area contributed by atoms with Crippen LogP contribution in [-0.4, -0.2) is 80.6 Å². The average molecular weight is 777 g/mol. The third-order valence-electron chi connectivity index (χ3n) is 10.1. The summed E-state index contributed by atoms with van der Waals surface area (Å²) in [6, 6.07) is -0.618. The van der Waals surface area contributed by atoms with Gasteiger partial charge in [0.15, 0.2) is 12.1 Å². The van der Waals surface area contributed by atoms with Crippen molar-refractivity contribution in [2.24, 2.45) is 0 Å². The quantitative estimate of drug-likeness (QED) is 0.0286. The first-order valence-corrected chi connectivity index (χ1v) is 22.5. The van der Waals surface area contributed by atoms with Crippen molar-refractivity contribution < 1.29 is 38.2 Å². The largest absolute Gasteiger partial charge is 0.477 e. The van der Waals surface area contributed by atoms with Crippen LogP contribution in [0.2, 0.25) is 0 Å². The normalized spacial score (nSPS) is 13.3. The second-order valence-corrected chi connectivity index (χ2v) is 16.3. The minimum atomic E-state index is -0.879. The van der Waals surface area contributed by atoms with Crippen LogP contribution in [0.3, 0.4) is 0 Å². The van der Waals surface area contributed by atoms with Crippen LogP contribution in [0.15, 0.2) is 36.5 Å². The van der Waals surface area contributed by atoms with Crippen LogP contribution in [0.5, 0.6) is 0 Å². The lowest BCUT2D eigenvalue weighted by Gasteiger charge is -2.31. The van der Waals surface area contributed by atoms with Crippen LogP contribution in [0, 0.1) is 0 Å². The maximum atomic E-state index is 12.7. The first-order chi connectivity index (χ1) is 26.6. The number of carboxylic acid groups (broad SMARTS) is 1. The summed E-state index contributed by atoms with van der Waals surface area (Å²) in [5.41, 5.74) is 0. The molecule has 2 atom stereocenters. The molecule has 0 aromatic carbocycles. The molecule has 0 aliphatic heterocycles. The first-order valence-electron chi connectivity index (χ1n) is 22.5. The first kappa shape index (κ1) is 52.6. The molecule has 0 saturated carbocycles. The molecule has 0 aromatic heterocycles. The summed E-state index contributed by atoms with van der Waals surface area (Å²) in [6.45, 7) is 4.60. The summed E-state index contributed by atoms with van der Waals surface area (Å²) in [6.07, 6.45) is 43.3. The molecular formula is C47H86NO7+. The summed E-state index contributed by atoms with van der Waals surface area (Å²) >= 11 is 0. The zero-order valence-electron chi connectivity index (χ0n) is 36.4. The molecule has 0 spiro atoms. The maximum absolute atomic E-state index is 12.7. The Balaban J connectivity index is 4.31. The Morgan fingerprint density at radius 2 is 1.02 bits per heavy atom. The second-order valence-electron chi connectivity index (χ2n) is 16.3. The number of carbonyl (C=O) groups is 3. The summed E-state index contributed by atoms with van der Waals surface area (Å²) in [5.74, 6) is -1.50. The van der Waals surface area contributed by atoms with E-state index in [2.05, 4.69) is 50.3 Å². The second kappa shape index (κ2) is 38.4. The fraction of sp³-hybridized carbons (Fsp3) is 0.809. The van der Waals surface area contributed by atoms with E-state index in [-0.39, 0.29) is 36.2 Å². The van der Waals surface area contributed by atoms with Gasteiger partial charge >= 0.3 is 17.9 Å². The predicted octanol–water partition coefficient (Wildman–Crippen LogP) is 12.2. The fourth-order valence-corrected chi connectivity index (χ4v) is 6.58. The van der Waals surface area contributed by atoms with Crippen molar-refractivity contribution in [2.45, 2.75) is 206 Å². The van der Waals surface area contributed by atoms with Crippen LogP contribution >= 0.6 is 0 Å². The number of ether oxygens (including phenoxy) is 3. The Morgan fingerprint density at radius 3 is 1.51 bits per heavy atom. The number of aliphatic carboxylic acids is 1. The van der Waals surface area contributed by atoms with E-state index < -0.39 is 18.1 Å². The molecule has 0 aliphatic carbocycles. The molecular weight excluding hydrogens is 691 g/mol. The van der Waals surface area contributed by atoms with Crippen molar-refractivity contribution >= 4 is 17.9 Å². The van der Waals surface area contributed by atoms with Crippen LogP contribution in [-0.2, 0) is 28.6 Å². The Hall–Kier alpha value is -2.45. The van der Waals surface area contributed by atoms with Crippen molar-refractivity contribution in [1.82, 2.24) is 0 Å². The Kier molecular flexibility index (Phi) is 36.7. The molecule has 0 rings (SSSR count). The number of likely N-dealkylation sites (N-methyl/N-ethyl adjacent to an activating group) is 1. The molecule has 8 nitrogen and oxygen atoms in total. The van der Waals surface area contributed by atoms with Gasteiger partial charge in [0.25, 0.3) is 0 Å². The molecule has 55 heavy (non-hydrogen) atoms. The minimum Gasteiger partial charge on any atom is -0.477 e. The lowest BCUT2D eigenvalue weighted by atomic mass is 10.0. The highest BCUT2D eigenvalue weighted by atomic mass is 16.6. The molecule has 0 saturated heterocycles. The van der Waals surface area contributed by atoms with E-state index in [1.807, 2.05) is 21.1 Å². The number of esters is 2. The van der Waals surface area contributed by atoms with Gasteiger partial charge in [-0.25, -0.2) is 4.79 Å². The molecule has 2 unspecified atom stereocenters. The number of carbonyl (C=O) groups excluding carboxylic acids is 2. The van der Waals surface area contributed by atoms with E-state index in [0.717, 1.165) is 64.2 Å². The van der Waals surface area contributed by atoms with Crippen molar-refractivity contribution in [2.75, 3.05) is 41.0 Å². The van der Waals surface area contributed by atoms with E-state index in [1.54, 1.807) is 0 Å². The number of allylic oxidation sites excluding steroid dienone is 6. The lowest BCUT2D eigenvalue weighted by molar-refractivity contribution is -0.887. The highest BCUT2D eigenvalue weighted by Gasteiger charge is 2.31. The number of nitrogens with zero attached hydrogens (tertiary/aromatic N) is 1. The SMILES string of the molecule is CC/C=C\C/C=C\C/C=C\CCCCCC(=O)OC(COCCC(C(=O)O)[N+](C)(C)C)COC(=O)CCCCCCCCCCCCCCCCCCCC. The van der Waals surface area contributed by atoms with Crippen molar-refractivity contribution in [3.05, 3.63) is 36.5 Å². The molecule has 0 bridgehead atoms. The van der Waals surface area contributed by atoms with Crippen molar-refractivity contribution in [3.8, 4) is 0 Å². The van der Waals surface area contributed by atoms with Gasteiger partial charge < -0.3 is 23.8 Å².